The number of nitrogens with zero attached hydrogens (tertiary/aromatic N) is 1. The number of carbonyl (C=O) groups is 1. The van der Waals surface area contributed by atoms with Gasteiger partial charge in [-0.25, -0.2) is 0 Å². The first kappa shape index (κ1) is 19.9. The molecule has 0 aliphatic heterocycles. The molecule has 2 aliphatic carbocycles. The zero-order chi connectivity index (χ0) is 19.6. The summed E-state index contributed by atoms with van der Waals surface area (Å²) in [5.74, 6) is -1.68. The monoisotopic (exact) mass is 380 g/mol. The van der Waals surface area contributed by atoms with E-state index in [-0.39, 0.29) is 24.0 Å². The average Bonchev–Trinajstić information content (AvgIpc) is 3.41. The highest BCUT2D eigenvalue weighted by atomic mass is 19.4. The van der Waals surface area contributed by atoms with Crippen LogP contribution < -0.4 is 5.73 Å². The molecule has 3 rings (SSSR count). The van der Waals surface area contributed by atoms with Gasteiger partial charge in [0.2, 0.25) is 0 Å². The first-order chi connectivity index (χ1) is 12.8. The number of hydrogen-bond donors (Lipinski definition) is 1. The van der Waals surface area contributed by atoms with Crippen LogP contribution in [-0.4, -0.2) is 35.1 Å². The molecular weight excluding hydrogens is 353 g/mol. The molecule has 2 aliphatic rings. The van der Waals surface area contributed by atoms with E-state index in [0.717, 1.165) is 22.5 Å². The molecule has 0 radical (unpaired) electrons. The molecule has 0 spiro atoms. The summed E-state index contributed by atoms with van der Waals surface area (Å²) in [7, 11) is 0. The molecule has 0 aromatic heterocycles. The quantitative estimate of drug-likeness (QED) is 0.816. The van der Waals surface area contributed by atoms with E-state index in [4.69, 9.17) is 5.73 Å². The number of alkyl halides is 3. The number of halogens is 3. The van der Waals surface area contributed by atoms with Gasteiger partial charge in [-0.1, -0.05) is 48.9 Å². The average molecular weight is 380 g/mol. The highest BCUT2D eigenvalue weighted by Crippen LogP contribution is 2.46. The van der Waals surface area contributed by atoms with E-state index in [0.29, 0.717) is 32.1 Å². The van der Waals surface area contributed by atoms with Crippen LogP contribution in [-0.2, 0) is 4.79 Å². The van der Waals surface area contributed by atoms with Gasteiger partial charge in [0.1, 0.15) is 0 Å². The number of rotatable bonds is 5. The van der Waals surface area contributed by atoms with Crippen molar-refractivity contribution in [1.29, 1.82) is 0 Å². The minimum absolute atomic E-state index is 0.0112. The highest BCUT2D eigenvalue weighted by Gasteiger charge is 2.54. The second-order valence-corrected chi connectivity index (χ2v) is 7.67. The first-order valence-electron chi connectivity index (χ1n) is 9.71. The van der Waals surface area contributed by atoms with Gasteiger partial charge in [0.25, 0.3) is 0 Å². The summed E-state index contributed by atoms with van der Waals surface area (Å²) in [6.07, 6.45) is 1.04. The molecule has 2 atom stereocenters. The summed E-state index contributed by atoms with van der Waals surface area (Å²) in [4.78, 5) is 13.3. The lowest BCUT2D eigenvalue weighted by Crippen LogP contribution is -2.51. The van der Waals surface area contributed by atoms with Gasteiger partial charge in [-0.3, -0.25) is 4.79 Å². The lowest BCUT2D eigenvalue weighted by Gasteiger charge is -2.37. The van der Waals surface area contributed by atoms with Crippen molar-refractivity contribution in [3.8, 4) is 0 Å². The van der Waals surface area contributed by atoms with E-state index in [2.05, 4.69) is 6.08 Å². The van der Waals surface area contributed by atoms with Gasteiger partial charge >= 0.3 is 12.1 Å². The van der Waals surface area contributed by atoms with Crippen molar-refractivity contribution in [2.75, 3.05) is 0 Å². The summed E-state index contributed by atoms with van der Waals surface area (Å²) >= 11 is 0. The van der Waals surface area contributed by atoms with Crippen molar-refractivity contribution in [2.24, 2.45) is 11.7 Å². The fourth-order valence-electron chi connectivity index (χ4n) is 4.24. The molecule has 3 nitrogen and oxygen atoms in total. The second-order valence-electron chi connectivity index (χ2n) is 7.67. The van der Waals surface area contributed by atoms with Crippen molar-refractivity contribution < 1.29 is 18.0 Å². The zero-order valence-corrected chi connectivity index (χ0v) is 15.6. The van der Waals surface area contributed by atoms with Crippen molar-refractivity contribution >= 4 is 12.0 Å². The maximum Gasteiger partial charge on any atom is 0.471 e. The van der Waals surface area contributed by atoms with E-state index in [1.807, 2.05) is 37.3 Å². The normalized spacial score (nSPS) is 28.7. The summed E-state index contributed by atoms with van der Waals surface area (Å²) in [5, 5.41) is 0. The molecule has 2 saturated carbocycles. The molecule has 1 aromatic carbocycles. The van der Waals surface area contributed by atoms with Crippen molar-refractivity contribution in [3.63, 3.8) is 0 Å². The van der Waals surface area contributed by atoms with Gasteiger partial charge in [-0.15, -0.1) is 0 Å². The number of nitrogens with two attached hydrogens (primary N) is 1. The fraction of sp³-hybridized carbons (Fsp3) is 0.571. The van der Waals surface area contributed by atoms with Crippen molar-refractivity contribution in [3.05, 3.63) is 41.5 Å². The summed E-state index contributed by atoms with van der Waals surface area (Å²) in [6, 6.07) is 9.09. The Morgan fingerprint density at radius 2 is 1.81 bits per heavy atom. The SMILES string of the molecule is CC/C(=C\c1ccccc1)[C@@H]1C[C@H]1N(C(=O)C(F)(F)F)C1CCC(N)CC1. The Morgan fingerprint density at radius 3 is 2.37 bits per heavy atom. The first-order valence-corrected chi connectivity index (χ1v) is 9.71. The van der Waals surface area contributed by atoms with E-state index in [1.165, 1.54) is 0 Å². The summed E-state index contributed by atoms with van der Waals surface area (Å²) in [6.45, 7) is 2.01. The van der Waals surface area contributed by atoms with Gasteiger partial charge in [0.05, 0.1) is 0 Å². The lowest BCUT2D eigenvalue weighted by atomic mass is 9.90. The minimum Gasteiger partial charge on any atom is -0.328 e. The van der Waals surface area contributed by atoms with Gasteiger partial charge in [-0.05, 0) is 44.1 Å². The van der Waals surface area contributed by atoms with Gasteiger partial charge in [0, 0.05) is 24.0 Å². The molecule has 0 unspecified atom stereocenters. The van der Waals surface area contributed by atoms with Crippen LogP contribution in [0.4, 0.5) is 13.2 Å². The Labute approximate surface area is 158 Å². The van der Waals surface area contributed by atoms with Gasteiger partial charge < -0.3 is 10.6 Å². The molecule has 1 aromatic rings. The zero-order valence-electron chi connectivity index (χ0n) is 15.6. The van der Waals surface area contributed by atoms with E-state index >= 15 is 0 Å². The Bertz CT molecular complexity index is 678. The molecule has 27 heavy (non-hydrogen) atoms. The lowest BCUT2D eigenvalue weighted by molar-refractivity contribution is -0.189. The largest absolute Gasteiger partial charge is 0.471 e. The smallest absolute Gasteiger partial charge is 0.328 e. The molecule has 0 bridgehead atoms. The highest BCUT2D eigenvalue weighted by molar-refractivity contribution is 5.83. The van der Waals surface area contributed by atoms with Crippen LogP contribution >= 0.6 is 0 Å². The molecule has 148 valence electrons. The van der Waals surface area contributed by atoms with Gasteiger partial charge in [0.15, 0.2) is 0 Å². The Balaban J connectivity index is 1.79. The van der Waals surface area contributed by atoms with Crippen LogP contribution in [0.25, 0.3) is 6.08 Å². The molecule has 1 amide bonds. The van der Waals surface area contributed by atoms with Crippen LogP contribution in [0.15, 0.2) is 35.9 Å². The predicted octanol–water partition coefficient (Wildman–Crippen LogP) is 4.53. The molecule has 0 heterocycles. The maximum absolute atomic E-state index is 13.2. The minimum atomic E-state index is -4.83. The number of amides is 1. The topological polar surface area (TPSA) is 46.3 Å². The van der Waals surface area contributed by atoms with Crippen LogP contribution in [0.1, 0.15) is 51.0 Å². The standard InChI is InChI=1S/C21H27F3N2O/c1-2-15(12-14-6-4-3-5-7-14)18-13-19(18)26(20(27)21(22,23)24)17-10-8-16(25)9-11-17/h3-7,12,16-19H,2,8-11,13,25H2,1H3/b15-12+/t16?,17?,18-,19+/m0/s1. The third-order valence-electron chi connectivity index (χ3n) is 5.76. The van der Waals surface area contributed by atoms with Gasteiger partial charge in [-0.2, -0.15) is 13.2 Å². The Morgan fingerprint density at radius 1 is 1.19 bits per heavy atom. The Kier molecular flexibility index (Phi) is 5.94. The fourth-order valence-corrected chi connectivity index (χ4v) is 4.24. The van der Waals surface area contributed by atoms with E-state index in [9.17, 15) is 18.0 Å². The third kappa shape index (κ3) is 4.72. The molecule has 0 saturated heterocycles. The molecular formula is C21H27F3N2O. The number of hydrogen-bond acceptors (Lipinski definition) is 2. The predicted molar refractivity (Wildman–Crippen MR) is 99.7 cm³/mol. The summed E-state index contributed by atoms with van der Waals surface area (Å²) < 4.78 is 39.7. The summed E-state index contributed by atoms with van der Waals surface area (Å²) in [5.41, 5.74) is 8.05. The van der Waals surface area contributed by atoms with E-state index < -0.39 is 12.1 Å². The van der Waals surface area contributed by atoms with E-state index in [1.54, 1.807) is 0 Å². The number of benzene rings is 1. The molecule has 2 fully saturated rings. The third-order valence-corrected chi connectivity index (χ3v) is 5.76. The van der Waals surface area contributed by atoms with Crippen molar-refractivity contribution in [1.82, 2.24) is 4.90 Å². The number of carbonyl (C=O) groups excluding carboxylic acids is 1. The Hall–Kier alpha value is -1.82. The van der Waals surface area contributed by atoms with Crippen LogP contribution in [0, 0.1) is 5.92 Å². The van der Waals surface area contributed by atoms with Crippen LogP contribution in [0.3, 0.4) is 0 Å². The second kappa shape index (κ2) is 8.05. The maximum atomic E-state index is 13.2. The molecule has 6 heteroatoms. The van der Waals surface area contributed by atoms with Crippen LogP contribution in [0.5, 0.6) is 0 Å². The van der Waals surface area contributed by atoms with Crippen molar-refractivity contribution in [2.45, 2.75) is 69.8 Å². The van der Waals surface area contributed by atoms with Crippen LogP contribution in [0.2, 0.25) is 0 Å². The molecule has 2 N–H and O–H groups in total.